The number of alkyl halides is 1. The van der Waals surface area contributed by atoms with Gasteiger partial charge in [-0.05, 0) is 43.9 Å². The van der Waals surface area contributed by atoms with Crippen molar-refractivity contribution < 1.29 is 33.8 Å². The molecule has 3 heterocycles. The Labute approximate surface area is 307 Å². The molecule has 3 saturated heterocycles. The van der Waals surface area contributed by atoms with Crippen LogP contribution in [0.3, 0.4) is 0 Å². The Hall–Kier alpha value is -3.51. The number of anilines is 1. The number of likely N-dealkylation sites (tertiary alicyclic amines) is 1. The van der Waals surface area contributed by atoms with Gasteiger partial charge < -0.3 is 29.3 Å². The number of rotatable bonds is 15. The maximum absolute atomic E-state index is 14.8. The molecule has 2 aromatic carbocycles. The molecule has 9 atom stereocenters. The third-order valence-corrected chi connectivity index (χ3v) is 11.6. The Kier molecular flexibility index (Phi) is 11.9. The molecule has 0 radical (unpaired) electrons. The van der Waals surface area contributed by atoms with Gasteiger partial charge in [0.25, 0.3) is 5.91 Å². The second kappa shape index (κ2) is 15.8. The summed E-state index contributed by atoms with van der Waals surface area (Å²) < 4.78 is 13.0. The standard InChI is InChI=1S/C38H45BrClN3O7/c1-6-9-19-29(45)41(5)23(4)32(24-15-11-10-12-16-24)49-37(48)30-31-35(46)43(25(8-3)22-44)34(38(31)21-26(39)33(30)50-38)36(47)42(20-7-2)28-18-14-13-17-27(28)40/h6-7,10-18,23,25-26,30-34,44H,1-2,8-9,19-22H2,3-5H3/t23-,25-,26?,30+,31-,32+,33+,34+,38-/m0/s1. The predicted octanol–water partition coefficient (Wildman–Crippen LogP) is 5.48. The van der Waals surface area contributed by atoms with Crippen molar-refractivity contribution in [3.8, 4) is 0 Å². The second-order valence-corrected chi connectivity index (χ2v) is 14.8. The number of carbonyl (C=O) groups is 4. The molecular weight excluding hydrogens is 726 g/mol. The van der Waals surface area contributed by atoms with Gasteiger partial charge in [0, 0.05) is 24.8 Å². The maximum Gasteiger partial charge on any atom is 0.313 e. The summed E-state index contributed by atoms with van der Waals surface area (Å²) in [5.41, 5.74) is -0.274. The van der Waals surface area contributed by atoms with E-state index in [1.165, 1.54) is 9.80 Å². The van der Waals surface area contributed by atoms with Gasteiger partial charge in [-0.25, -0.2) is 0 Å². The number of likely N-dealkylation sites (N-methyl/N-ethyl adjacent to an activating group) is 1. The van der Waals surface area contributed by atoms with Crippen LogP contribution in [0.25, 0.3) is 0 Å². The van der Waals surface area contributed by atoms with E-state index < -0.39 is 72.2 Å². The van der Waals surface area contributed by atoms with Crippen LogP contribution < -0.4 is 4.90 Å². The van der Waals surface area contributed by atoms with Crippen molar-refractivity contribution >= 4 is 56.9 Å². The molecule has 10 nitrogen and oxygen atoms in total. The molecule has 5 rings (SSSR count). The normalized spacial score (nSPS) is 26.9. The minimum absolute atomic E-state index is 0.0973. The van der Waals surface area contributed by atoms with Gasteiger partial charge in [-0.15, -0.1) is 13.2 Å². The molecule has 3 aliphatic rings. The molecule has 12 heteroatoms. The Morgan fingerprint density at radius 3 is 2.46 bits per heavy atom. The Morgan fingerprint density at radius 2 is 1.84 bits per heavy atom. The van der Waals surface area contributed by atoms with Crippen LogP contribution in [0.4, 0.5) is 5.69 Å². The minimum Gasteiger partial charge on any atom is -0.455 e. The zero-order valence-electron chi connectivity index (χ0n) is 28.6. The molecule has 1 N–H and O–H groups in total. The van der Waals surface area contributed by atoms with Gasteiger partial charge in [0.15, 0.2) is 0 Å². The van der Waals surface area contributed by atoms with Crippen LogP contribution in [-0.4, -0.2) is 93.5 Å². The molecule has 2 bridgehead atoms. The summed E-state index contributed by atoms with van der Waals surface area (Å²) in [6, 6.07) is 13.6. The first kappa shape index (κ1) is 37.7. The van der Waals surface area contributed by atoms with Crippen LogP contribution in [0.2, 0.25) is 5.02 Å². The zero-order chi connectivity index (χ0) is 36.3. The number of hydrogen-bond donors (Lipinski definition) is 1. The average Bonchev–Trinajstić information content (AvgIpc) is 3.72. The number of ether oxygens (including phenoxy) is 2. The van der Waals surface area contributed by atoms with Crippen LogP contribution in [0.1, 0.15) is 51.2 Å². The number of para-hydroxylation sites is 1. The van der Waals surface area contributed by atoms with Crippen molar-refractivity contribution in [2.24, 2.45) is 11.8 Å². The summed E-state index contributed by atoms with van der Waals surface area (Å²) in [4.78, 5) is 61.2. The molecule has 50 heavy (non-hydrogen) atoms. The number of fused-ring (bicyclic) bond motifs is 1. The molecule has 0 saturated carbocycles. The van der Waals surface area contributed by atoms with E-state index in [9.17, 15) is 24.3 Å². The number of hydrogen-bond acceptors (Lipinski definition) is 7. The van der Waals surface area contributed by atoms with E-state index in [1.807, 2.05) is 44.2 Å². The Balaban J connectivity index is 1.55. The highest BCUT2D eigenvalue weighted by atomic mass is 79.9. The fraction of sp³-hybridized carbons (Fsp3) is 0.474. The maximum atomic E-state index is 14.8. The smallest absolute Gasteiger partial charge is 0.313 e. The summed E-state index contributed by atoms with van der Waals surface area (Å²) in [5.74, 6) is -3.81. The van der Waals surface area contributed by atoms with Crippen LogP contribution in [0, 0.1) is 11.8 Å². The van der Waals surface area contributed by atoms with Crippen LogP contribution >= 0.6 is 27.5 Å². The molecule has 3 amide bonds. The number of aliphatic hydroxyl groups excluding tert-OH is 1. The summed E-state index contributed by atoms with van der Waals surface area (Å²) in [6.07, 6.45) is 3.02. The summed E-state index contributed by atoms with van der Waals surface area (Å²) in [5, 5.41) is 10.8. The third kappa shape index (κ3) is 6.65. The van der Waals surface area contributed by atoms with E-state index in [-0.39, 0.29) is 30.1 Å². The molecule has 3 aliphatic heterocycles. The second-order valence-electron chi connectivity index (χ2n) is 13.2. The van der Waals surface area contributed by atoms with Crippen molar-refractivity contribution in [2.45, 2.75) is 80.3 Å². The van der Waals surface area contributed by atoms with Gasteiger partial charge in [-0.3, -0.25) is 19.2 Å². The lowest BCUT2D eigenvalue weighted by Gasteiger charge is -2.39. The van der Waals surface area contributed by atoms with E-state index >= 15 is 0 Å². The first-order valence-corrected chi connectivity index (χ1v) is 18.3. The molecule has 2 aromatic rings. The molecule has 0 aliphatic carbocycles. The number of carbonyl (C=O) groups excluding carboxylic acids is 4. The monoisotopic (exact) mass is 769 g/mol. The first-order valence-electron chi connectivity index (χ1n) is 17.0. The lowest BCUT2D eigenvalue weighted by Crippen LogP contribution is -2.59. The van der Waals surface area contributed by atoms with Crippen molar-refractivity contribution in [2.75, 3.05) is 25.1 Å². The SMILES string of the molecule is C=CCCC(=O)N(C)[C@@H](C)[C@@H](OC(=O)[C@H]1[C@@H]2O[C@@]3(CC2Br)[C@@H]1C(=O)N([C@@H](CC)CO)[C@@H]3C(=O)N(CC=C)c1ccccc1Cl)c1ccccc1. The zero-order valence-corrected chi connectivity index (χ0v) is 31.0. The molecular formula is C38H45BrClN3O7. The number of amides is 3. The molecule has 0 aromatic heterocycles. The van der Waals surface area contributed by atoms with Crippen molar-refractivity contribution in [1.29, 1.82) is 0 Å². The van der Waals surface area contributed by atoms with E-state index in [4.69, 9.17) is 21.1 Å². The minimum atomic E-state index is -1.40. The highest BCUT2D eigenvalue weighted by Gasteiger charge is 2.77. The number of esters is 1. The Bertz CT molecular complexity index is 1610. The third-order valence-electron chi connectivity index (χ3n) is 10.4. The van der Waals surface area contributed by atoms with Crippen molar-refractivity contribution in [1.82, 2.24) is 9.80 Å². The molecule has 268 valence electrons. The van der Waals surface area contributed by atoms with E-state index in [0.717, 1.165) is 0 Å². The highest BCUT2D eigenvalue weighted by Crippen LogP contribution is 2.61. The number of halogens is 2. The summed E-state index contributed by atoms with van der Waals surface area (Å²) >= 11 is 10.3. The van der Waals surface area contributed by atoms with Gasteiger partial charge in [-0.2, -0.15) is 0 Å². The lowest BCUT2D eigenvalue weighted by molar-refractivity contribution is -0.165. The topological polar surface area (TPSA) is 117 Å². The highest BCUT2D eigenvalue weighted by molar-refractivity contribution is 9.09. The first-order chi connectivity index (χ1) is 24.0. The van der Waals surface area contributed by atoms with Crippen LogP contribution in [0.5, 0.6) is 0 Å². The molecule has 1 spiro atoms. The summed E-state index contributed by atoms with van der Waals surface area (Å²) in [7, 11) is 1.67. The number of nitrogens with zero attached hydrogens (tertiary/aromatic N) is 3. The number of aliphatic hydroxyl groups is 1. The number of benzene rings is 2. The number of allylic oxidation sites excluding steroid dienone is 1. The Morgan fingerprint density at radius 1 is 1.16 bits per heavy atom. The van der Waals surface area contributed by atoms with E-state index in [2.05, 4.69) is 29.1 Å². The largest absolute Gasteiger partial charge is 0.455 e. The van der Waals surface area contributed by atoms with Crippen molar-refractivity contribution in [3.05, 3.63) is 90.5 Å². The van der Waals surface area contributed by atoms with Gasteiger partial charge in [0.05, 0.1) is 47.3 Å². The average molecular weight is 771 g/mol. The quantitative estimate of drug-likeness (QED) is 0.145. The fourth-order valence-corrected chi connectivity index (χ4v) is 8.98. The molecule has 1 unspecified atom stereocenters. The van der Waals surface area contributed by atoms with E-state index in [0.29, 0.717) is 29.1 Å². The van der Waals surface area contributed by atoms with Gasteiger partial charge in [-0.1, -0.05) is 89.1 Å². The van der Waals surface area contributed by atoms with E-state index in [1.54, 1.807) is 48.4 Å². The van der Waals surface area contributed by atoms with Gasteiger partial charge in [0.1, 0.15) is 17.7 Å². The van der Waals surface area contributed by atoms with Gasteiger partial charge >= 0.3 is 5.97 Å². The lowest BCUT2D eigenvalue weighted by atomic mass is 9.70. The fourth-order valence-electron chi connectivity index (χ4n) is 7.80. The van der Waals surface area contributed by atoms with Crippen LogP contribution in [-0.2, 0) is 28.7 Å². The summed E-state index contributed by atoms with van der Waals surface area (Å²) in [6.45, 7) is 10.9. The van der Waals surface area contributed by atoms with Crippen LogP contribution in [0.15, 0.2) is 79.9 Å². The van der Waals surface area contributed by atoms with Gasteiger partial charge in [0.2, 0.25) is 11.8 Å². The van der Waals surface area contributed by atoms with Crippen molar-refractivity contribution in [3.63, 3.8) is 0 Å². The molecule has 3 fully saturated rings. The predicted molar refractivity (Wildman–Crippen MR) is 195 cm³/mol.